The monoisotopic (exact) mass is 212 g/mol. The van der Waals surface area contributed by atoms with Crippen molar-refractivity contribution in [2.75, 3.05) is 14.1 Å². The van der Waals surface area contributed by atoms with Gasteiger partial charge in [-0.3, -0.25) is 4.48 Å². The van der Waals surface area contributed by atoms with Gasteiger partial charge in [-0.15, -0.1) is 0 Å². The average molecular weight is 212 g/mol. The van der Waals surface area contributed by atoms with E-state index in [4.69, 9.17) is 0 Å². The van der Waals surface area contributed by atoms with E-state index >= 15 is 0 Å². The Bertz CT molecular complexity index is 241. The number of halogens is 4. The molecule has 0 fully saturated rings. The molecule has 1 rings (SSSR count). The van der Waals surface area contributed by atoms with E-state index in [1.165, 1.54) is 5.70 Å². The molecule has 0 bridgehead atoms. The lowest BCUT2D eigenvalue weighted by molar-refractivity contribution is -0.755. The summed E-state index contributed by atoms with van der Waals surface area (Å²) in [6, 6.07) is 0. The summed E-state index contributed by atoms with van der Waals surface area (Å²) in [5, 5.41) is 0. The molecule has 1 heterocycles. The zero-order chi connectivity index (χ0) is 11.6. The van der Waals surface area contributed by atoms with Gasteiger partial charge in [-0.2, -0.15) is 0 Å². The van der Waals surface area contributed by atoms with Crippen LogP contribution in [0, 0.1) is 0 Å². The summed E-state index contributed by atoms with van der Waals surface area (Å²) < 4.78 is 39.8. The maximum absolute atomic E-state index is 9.75. The highest BCUT2D eigenvalue weighted by Gasteiger charge is 2.26. The van der Waals surface area contributed by atoms with E-state index in [0.717, 1.165) is 10.3 Å². The highest BCUT2D eigenvalue weighted by Crippen LogP contribution is 2.17. The first-order valence-electron chi connectivity index (χ1n) is 3.98. The second-order valence-electron chi connectivity index (χ2n) is 3.40. The van der Waals surface area contributed by atoms with Crippen molar-refractivity contribution >= 4 is 13.1 Å². The molecular formula is C7H13BF4N2. The van der Waals surface area contributed by atoms with Crippen LogP contribution in [0.4, 0.5) is 17.3 Å². The molecule has 0 atom stereocenters. The molecule has 0 aromatic rings. The number of allylic oxidation sites excluding steroid dienone is 1. The van der Waals surface area contributed by atoms with Crippen LogP contribution in [-0.2, 0) is 0 Å². The predicted octanol–water partition coefficient (Wildman–Crippen LogP) is 2.66. The van der Waals surface area contributed by atoms with Crippen LogP contribution in [0.3, 0.4) is 0 Å². The van der Waals surface area contributed by atoms with Crippen LogP contribution in [0.15, 0.2) is 16.9 Å². The summed E-state index contributed by atoms with van der Waals surface area (Å²) in [7, 11) is -1.73. The summed E-state index contributed by atoms with van der Waals surface area (Å²) >= 11 is 0. The summed E-state index contributed by atoms with van der Waals surface area (Å²) in [5.74, 6) is 1.16. The largest absolute Gasteiger partial charge is 0.673 e. The molecule has 0 amide bonds. The fraction of sp³-hybridized carbons (Fsp3) is 0.571. The van der Waals surface area contributed by atoms with Gasteiger partial charge in [0.1, 0.15) is 5.70 Å². The van der Waals surface area contributed by atoms with Gasteiger partial charge in [0.05, 0.1) is 20.3 Å². The molecule has 0 saturated heterocycles. The van der Waals surface area contributed by atoms with Gasteiger partial charge in [0.15, 0.2) is 0 Å². The van der Waals surface area contributed by atoms with E-state index in [1.807, 2.05) is 13.1 Å². The predicted molar refractivity (Wildman–Crippen MR) is 49.2 cm³/mol. The quantitative estimate of drug-likeness (QED) is 0.332. The molecular weight excluding hydrogens is 199 g/mol. The van der Waals surface area contributed by atoms with Gasteiger partial charge >= 0.3 is 7.25 Å². The Kier molecular flexibility index (Phi) is 3.87. The SMILES string of the molecule is CC1=CN=C(C)[N+]1(C)C.F[B-](F)(F)F. The Morgan fingerprint density at radius 1 is 1.14 bits per heavy atom. The topological polar surface area (TPSA) is 12.4 Å². The number of nitrogens with zero attached hydrogens (tertiary/aromatic N) is 2. The van der Waals surface area contributed by atoms with Gasteiger partial charge in [0.25, 0.3) is 0 Å². The minimum atomic E-state index is -6.00. The first-order valence-corrected chi connectivity index (χ1v) is 3.98. The molecule has 0 radical (unpaired) electrons. The Morgan fingerprint density at radius 2 is 1.50 bits per heavy atom. The van der Waals surface area contributed by atoms with E-state index in [1.54, 1.807) is 0 Å². The van der Waals surface area contributed by atoms with E-state index in [-0.39, 0.29) is 0 Å². The van der Waals surface area contributed by atoms with Gasteiger partial charge in [-0.25, -0.2) is 4.99 Å². The summed E-state index contributed by atoms with van der Waals surface area (Å²) in [6.07, 6.45) is 1.93. The molecule has 0 aromatic heterocycles. The normalized spacial score (nSPS) is 19.4. The lowest BCUT2D eigenvalue weighted by Gasteiger charge is -2.23. The zero-order valence-electron chi connectivity index (χ0n) is 8.56. The van der Waals surface area contributed by atoms with Gasteiger partial charge in [0, 0.05) is 13.8 Å². The lowest BCUT2D eigenvalue weighted by atomic mass is 10.3. The summed E-state index contributed by atoms with van der Waals surface area (Å²) in [5.41, 5.74) is 1.30. The Morgan fingerprint density at radius 3 is 1.57 bits per heavy atom. The van der Waals surface area contributed by atoms with Gasteiger partial charge in [-0.05, 0) is 0 Å². The van der Waals surface area contributed by atoms with E-state index in [9.17, 15) is 17.3 Å². The molecule has 1 aliphatic rings. The standard InChI is InChI=1S/C7H13N2.BF4/c1-6-5-8-7(2)9(6,3)4;2-1(3,4)5/h5H,1-4H3;/q+1;-1. The van der Waals surface area contributed by atoms with E-state index in [0.29, 0.717) is 0 Å². The number of rotatable bonds is 0. The second-order valence-corrected chi connectivity index (χ2v) is 3.40. The maximum atomic E-state index is 9.75. The maximum Gasteiger partial charge on any atom is 0.673 e. The van der Waals surface area contributed by atoms with Crippen LogP contribution in [0.2, 0.25) is 0 Å². The van der Waals surface area contributed by atoms with Gasteiger partial charge in [0.2, 0.25) is 5.84 Å². The Balaban J connectivity index is 0.000000292. The van der Waals surface area contributed by atoms with Crippen molar-refractivity contribution in [3.05, 3.63) is 11.9 Å². The van der Waals surface area contributed by atoms with Gasteiger partial charge in [-0.1, -0.05) is 0 Å². The molecule has 0 saturated carbocycles. The molecule has 1 aliphatic heterocycles. The molecule has 0 spiro atoms. The second kappa shape index (κ2) is 4.12. The molecule has 82 valence electrons. The van der Waals surface area contributed by atoms with Crippen molar-refractivity contribution in [1.82, 2.24) is 0 Å². The smallest absolute Gasteiger partial charge is 0.418 e. The van der Waals surface area contributed by atoms with Crippen molar-refractivity contribution < 1.29 is 21.7 Å². The fourth-order valence-corrected chi connectivity index (χ4v) is 0.731. The number of quaternary nitrogens is 1. The van der Waals surface area contributed by atoms with Crippen LogP contribution in [-0.4, -0.2) is 31.7 Å². The number of aliphatic imine (C=N–C) groups is 1. The first-order chi connectivity index (χ1) is 6.05. The summed E-state index contributed by atoms with van der Waals surface area (Å²) in [6.45, 7) is 4.15. The fourth-order valence-electron chi connectivity index (χ4n) is 0.731. The van der Waals surface area contributed by atoms with E-state index in [2.05, 4.69) is 26.0 Å². The van der Waals surface area contributed by atoms with Crippen molar-refractivity contribution in [2.45, 2.75) is 13.8 Å². The molecule has 7 heteroatoms. The van der Waals surface area contributed by atoms with Crippen LogP contribution in [0.1, 0.15) is 13.8 Å². The van der Waals surface area contributed by atoms with Crippen molar-refractivity contribution in [3.8, 4) is 0 Å². The highest BCUT2D eigenvalue weighted by molar-refractivity contribution is 6.50. The summed E-state index contributed by atoms with van der Waals surface area (Å²) in [4.78, 5) is 4.20. The minimum absolute atomic E-state index is 0.833. The molecule has 0 N–H and O–H groups in total. The Labute approximate surface area is 80.6 Å². The van der Waals surface area contributed by atoms with Crippen molar-refractivity contribution in [2.24, 2.45) is 4.99 Å². The third-order valence-electron chi connectivity index (χ3n) is 2.13. The molecule has 0 unspecified atom stereocenters. The third-order valence-corrected chi connectivity index (χ3v) is 2.13. The molecule has 0 aliphatic carbocycles. The number of hydrogen-bond donors (Lipinski definition) is 0. The molecule has 14 heavy (non-hydrogen) atoms. The Hall–Kier alpha value is -0.845. The average Bonchev–Trinajstić information content (AvgIpc) is 2.13. The van der Waals surface area contributed by atoms with Crippen LogP contribution >= 0.6 is 0 Å². The van der Waals surface area contributed by atoms with Gasteiger partial charge < -0.3 is 17.3 Å². The van der Waals surface area contributed by atoms with Crippen molar-refractivity contribution in [1.29, 1.82) is 0 Å². The lowest BCUT2D eigenvalue weighted by Crippen LogP contribution is -2.39. The number of hydrogen-bond acceptors (Lipinski definition) is 1. The van der Waals surface area contributed by atoms with Crippen molar-refractivity contribution in [3.63, 3.8) is 0 Å². The minimum Gasteiger partial charge on any atom is -0.418 e. The van der Waals surface area contributed by atoms with Crippen LogP contribution in [0.5, 0.6) is 0 Å². The molecule has 2 nitrogen and oxygen atoms in total. The third kappa shape index (κ3) is 4.41. The van der Waals surface area contributed by atoms with Crippen LogP contribution in [0.25, 0.3) is 0 Å². The highest BCUT2D eigenvalue weighted by atomic mass is 19.5. The zero-order valence-corrected chi connectivity index (χ0v) is 8.56. The molecule has 0 aromatic carbocycles. The first kappa shape index (κ1) is 13.2. The number of amidine groups is 1. The van der Waals surface area contributed by atoms with E-state index < -0.39 is 7.25 Å². The van der Waals surface area contributed by atoms with Crippen LogP contribution < -0.4 is 0 Å².